The highest BCUT2D eigenvalue weighted by Crippen LogP contribution is 2.29. The fourth-order valence-corrected chi connectivity index (χ4v) is 6.34. The van der Waals surface area contributed by atoms with Gasteiger partial charge in [-0.15, -0.1) is 23.1 Å². The summed E-state index contributed by atoms with van der Waals surface area (Å²) in [7, 11) is 0. The van der Waals surface area contributed by atoms with Gasteiger partial charge in [-0.2, -0.15) is 0 Å². The Kier molecular flexibility index (Phi) is 9.37. The van der Waals surface area contributed by atoms with Crippen molar-refractivity contribution in [3.63, 3.8) is 0 Å². The van der Waals surface area contributed by atoms with Gasteiger partial charge in [-0.1, -0.05) is 72.8 Å². The summed E-state index contributed by atoms with van der Waals surface area (Å²) in [6.45, 7) is 1.82. The Morgan fingerprint density at radius 3 is 2.41 bits per heavy atom. The SMILES string of the molecule is CC(Sc1cccc(NC(=O)/C(=C/c2c[nH]c3ccccc23)NC(=O)c2ccccc2)c1)C(=O)Nc1nc(-c2ccccc2)cs1. The molecule has 0 fully saturated rings. The molecule has 4 aromatic carbocycles. The summed E-state index contributed by atoms with van der Waals surface area (Å²) in [4.78, 5) is 48.2. The minimum atomic E-state index is -0.486. The van der Waals surface area contributed by atoms with Crippen molar-refractivity contribution in [3.8, 4) is 11.3 Å². The van der Waals surface area contributed by atoms with E-state index in [4.69, 9.17) is 0 Å². The largest absolute Gasteiger partial charge is 0.361 e. The zero-order chi connectivity index (χ0) is 31.9. The van der Waals surface area contributed by atoms with Crippen molar-refractivity contribution in [1.29, 1.82) is 0 Å². The molecule has 2 aromatic heterocycles. The summed E-state index contributed by atoms with van der Waals surface area (Å²) in [6.07, 6.45) is 3.45. The standard InChI is InChI=1S/C36H29N5O3S2/c1-23(33(42)41-36-40-32(22-45-36)24-11-4-2-5-12-24)46-28-16-10-15-27(20-28)38-35(44)31(39-34(43)25-13-6-3-7-14-25)19-26-21-37-30-18-9-8-17-29(26)30/h2-23,37H,1H3,(H,38,44)(H,39,43)(H,40,41,42)/b31-19-. The van der Waals surface area contributed by atoms with Gasteiger partial charge in [0.05, 0.1) is 10.9 Å². The highest BCUT2D eigenvalue weighted by Gasteiger charge is 2.19. The molecule has 6 rings (SSSR count). The van der Waals surface area contributed by atoms with Crippen LogP contribution in [-0.4, -0.2) is 32.9 Å². The molecule has 0 aliphatic carbocycles. The molecular weight excluding hydrogens is 615 g/mol. The number of hydrogen-bond donors (Lipinski definition) is 4. The molecule has 3 amide bonds. The van der Waals surface area contributed by atoms with Gasteiger partial charge in [0.2, 0.25) is 5.91 Å². The maximum absolute atomic E-state index is 13.6. The molecule has 4 N–H and O–H groups in total. The second kappa shape index (κ2) is 14.1. The number of carbonyl (C=O) groups excluding carboxylic acids is 3. The number of H-pyrrole nitrogens is 1. The average Bonchev–Trinajstić information content (AvgIpc) is 3.72. The van der Waals surface area contributed by atoms with E-state index in [2.05, 4.69) is 25.9 Å². The van der Waals surface area contributed by atoms with Crippen molar-refractivity contribution < 1.29 is 14.4 Å². The zero-order valence-corrected chi connectivity index (χ0v) is 26.3. The lowest BCUT2D eigenvalue weighted by Crippen LogP contribution is -2.30. The molecule has 0 bridgehead atoms. The molecule has 10 heteroatoms. The first kappa shape index (κ1) is 30.6. The molecule has 2 heterocycles. The number of nitrogens with one attached hydrogen (secondary N) is 4. The number of carbonyl (C=O) groups is 3. The van der Waals surface area contributed by atoms with Crippen LogP contribution in [0.4, 0.5) is 10.8 Å². The molecule has 6 aromatic rings. The third-order valence-corrected chi connectivity index (χ3v) is 8.88. The van der Waals surface area contributed by atoms with Gasteiger partial charge in [-0.05, 0) is 49.4 Å². The molecule has 0 saturated carbocycles. The van der Waals surface area contributed by atoms with Gasteiger partial charge in [0.15, 0.2) is 5.13 Å². The first-order chi connectivity index (χ1) is 22.4. The number of thioether (sulfide) groups is 1. The fraction of sp³-hybridized carbons (Fsp3) is 0.0556. The third-order valence-electron chi connectivity index (χ3n) is 7.03. The Morgan fingerprint density at radius 1 is 0.870 bits per heavy atom. The lowest BCUT2D eigenvalue weighted by molar-refractivity contribution is -0.115. The Hall–Kier alpha value is -5.45. The van der Waals surface area contributed by atoms with Crippen molar-refractivity contribution in [2.24, 2.45) is 0 Å². The van der Waals surface area contributed by atoms with E-state index in [0.717, 1.165) is 32.6 Å². The van der Waals surface area contributed by atoms with Crippen molar-refractivity contribution in [2.75, 3.05) is 10.6 Å². The van der Waals surface area contributed by atoms with Crippen LogP contribution >= 0.6 is 23.1 Å². The molecule has 0 aliphatic heterocycles. The molecule has 0 saturated heterocycles. The van der Waals surface area contributed by atoms with Gasteiger partial charge in [0.1, 0.15) is 5.70 Å². The van der Waals surface area contributed by atoms with Gasteiger partial charge >= 0.3 is 0 Å². The highest BCUT2D eigenvalue weighted by molar-refractivity contribution is 8.00. The van der Waals surface area contributed by atoms with Crippen LogP contribution in [0.2, 0.25) is 0 Å². The molecular formula is C36H29N5O3S2. The molecule has 1 atom stereocenters. The normalized spacial score (nSPS) is 12.0. The minimum absolute atomic E-state index is 0.0859. The number of para-hydroxylation sites is 1. The first-order valence-electron chi connectivity index (χ1n) is 14.5. The van der Waals surface area contributed by atoms with Crippen LogP contribution in [0.1, 0.15) is 22.8 Å². The van der Waals surface area contributed by atoms with E-state index in [1.807, 2.05) is 79.0 Å². The Labute approximate surface area is 274 Å². The molecule has 46 heavy (non-hydrogen) atoms. The summed E-state index contributed by atoms with van der Waals surface area (Å²) in [5.74, 6) is -1.07. The predicted molar refractivity (Wildman–Crippen MR) is 187 cm³/mol. The fourth-order valence-electron chi connectivity index (χ4n) is 4.69. The van der Waals surface area contributed by atoms with Crippen LogP contribution in [0, 0.1) is 0 Å². The number of anilines is 2. The smallest absolute Gasteiger partial charge is 0.272 e. The number of amides is 3. The molecule has 8 nitrogen and oxygen atoms in total. The molecule has 228 valence electrons. The molecule has 0 spiro atoms. The Balaban J connectivity index is 1.15. The predicted octanol–water partition coefficient (Wildman–Crippen LogP) is 7.82. The van der Waals surface area contributed by atoms with Crippen molar-refractivity contribution in [3.05, 3.63) is 138 Å². The van der Waals surface area contributed by atoms with E-state index >= 15 is 0 Å². The van der Waals surface area contributed by atoms with E-state index in [1.54, 1.807) is 54.7 Å². The minimum Gasteiger partial charge on any atom is -0.361 e. The summed E-state index contributed by atoms with van der Waals surface area (Å²) >= 11 is 2.74. The number of thiazole rings is 1. The van der Waals surface area contributed by atoms with E-state index in [1.165, 1.54) is 23.1 Å². The number of benzene rings is 4. The molecule has 0 radical (unpaired) electrons. The van der Waals surface area contributed by atoms with Crippen molar-refractivity contribution >= 4 is 68.6 Å². The number of fused-ring (bicyclic) bond motifs is 1. The number of aromatic nitrogens is 2. The Bertz CT molecular complexity index is 2040. The summed E-state index contributed by atoms with van der Waals surface area (Å²) in [5.41, 5.74) is 4.50. The van der Waals surface area contributed by atoms with Crippen LogP contribution < -0.4 is 16.0 Å². The van der Waals surface area contributed by atoms with E-state index in [0.29, 0.717) is 16.4 Å². The van der Waals surface area contributed by atoms with Crippen LogP contribution in [0.3, 0.4) is 0 Å². The quantitative estimate of drug-likeness (QED) is 0.0898. The topological polar surface area (TPSA) is 116 Å². The van der Waals surface area contributed by atoms with Crippen LogP contribution in [0.15, 0.2) is 131 Å². The van der Waals surface area contributed by atoms with Crippen LogP contribution in [-0.2, 0) is 9.59 Å². The van der Waals surface area contributed by atoms with E-state index in [-0.39, 0.29) is 11.6 Å². The third kappa shape index (κ3) is 7.43. The monoisotopic (exact) mass is 643 g/mol. The molecule has 1 unspecified atom stereocenters. The summed E-state index contributed by atoms with van der Waals surface area (Å²) < 4.78 is 0. The number of aromatic amines is 1. The second-order valence-corrected chi connectivity index (χ2v) is 12.6. The second-order valence-electron chi connectivity index (χ2n) is 10.3. The van der Waals surface area contributed by atoms with Crippen molar-refractivity contribution in [1.82, 2.24) is 15.3 Å². The Morgan fingerprint density at radius 2 is 1.61 bits per heavy atom. The number of rotatable bonds is 10. The summed E-state index contributed by atoms with van der Waals surface area (Å²) in [5, 5.41) is 11.5. The van der Waals surface area contributed by atoms with Crippen LogP contribution in [0.5, 0.6) is 0 Å². The highest BCUT2D eigenvalue weighted by atomic mass is 32.2. The lowest BCUT2D eigenvalue weighted by atomic mass is 10.1. The maximum atomic E-state index is 13.6. The van der Waals surface area contributed by atoms with Gasteiger partial charge < -0.3 is 20.9 Å². The molecule has 0 aliphatic rings. The first-order valence-corrected chi connectivity index (χ1v) is 16.2. The van der Waals surface area contributed by atoms with E-state index < -0.39 is 17.1 Å². The number of hydrogen-bond acceptors (Lipinski definition) is 6. The number of nitrogens with zero attached hydrogens (tertiary/aromatic N) is 1. The van der Waals surface area contributed by atoms with Gasteiger partial charge in [-0.3, -0.25) is 14.4 Å². The maximum Gasteiger partial charge on any atom is 0.272 e. The van der Waals surface area contributed by atoms with Crippen LogP contribution in [0.25, 0.3) is 28.2 Å². The van der Waals surface area contributed by atoms with Crippen molar-refractivity contribution in [2.45, 2.75) is 17.1 Å². The average molecular weight is 644 g/mol. The zero-order valence-electron chi connectivity index (χ0n) is 24.7. The lowest BCUT2D eigenvalue weighted by Gasteiger charge is -2.13. The van der Waals surface area contributed by atoms with Gasteiger partial charge in [0.25, 0.3) is 11.8 Å². The van der Waals surface area contributed by atoms with E-state index in [9.17, 15) is 14.4 Å². The summed E-state index contributed by atoms with van der Waals surface area (Å²) in [6, 6.07) is 33.5. The van der Waals surface area contributed by atoms with Gasteiger partial charge in [-0.25, -0.2) is 4.98 Å². The van der Waals surface area contributed by atoms with Gasteiger partial charge in [0, 0.05) is 49.8 Å².